The minimum atomic E-state index is -4.41. The van der Waals surface area contributed by atoms with Crippen molar-refractivity contribution in [2.75, 3.05) is 27.3 Å². The van der Waals surface area contributed by atoms with E-state index in [1.807, 2.05) is 4.90 Å². The number of hydrogen-bond acceptors (Lipinski definition) is 4. The van der Waals surface area contributed by atoms with Crippen molar-refractivity contribution in [3.63, 3.8) is 0 Å². The lowest BCUT2D eigenvalue weighted by Gasteiger charge is -2.40. The standard InChI is InChI=1S/C20H25F3N2O4/c1-28-17-11-14(20(21,22)23)3-4-16(17)12-5-7-25(8-6-12)18(26)13-9-15(10-13)24-19(27)29-2/h3-4,11-13,15H,5-10H2,1-2H3,(H,24,27). The van der Waals surface area contributed by atoms with E-state index >= 15 is 0 Å². The molecule has 0 unspecified atom stereocenters. The monoisotopic (exact) mass is 414 g/mol. The summed E-state index contributed by atoms with van der Waals surface area (Å²) in [4.78, 5) is 25.6. The molecule has 0 aromatic heterocycles. The molecule has 6 nitrogen and oxygen atoms in total. The van der Waals surface area contributed by atoms with Crippen molar-refractivity contribution < 1.29 is 32.2 Å². The fourth-order valence-corrected chi connectivity index (χ4v) is 4.06. The molecule has 1 saturated heterocycles. The molecule has 2 aliphatic rings. The van der Waals surface area contributed by atoms with Gasteiger partial charge in [0.25, 0.3) is 0 Å². The third-order valence-corrected chi connectivity index (χ3v) is 5.80. The maximum Gasteiger partial charge on any atom is 0.416 e. The molecular formula is C20H25F3N2O4. The number of hydrogen-bond donors (Lipinski definition) is 1. The number of alkyl carbamates (subject to hydrolysis) is 1. The average Bonchev–Trinajstić information content (AvgIpc) is 2.68. The van der Waals surface area contributed by atoms with Gasteiger partial charge in [-0.2, -0.15) is 13.2 Å². The van der Waals surface area contributed by atoms with Crippen molar-refractivity contribution in [3.8, 4) is 5.75 Å². The van der Waals surface area contributed by atoms with Gasteiger partial charge in [0, 0.05) is 25.0 Å². The average molecular weight is 414 g/mol. The Kier molecular flexibility index (Phi) is 6.24. The van der Waals surface area contributed by atoms with Gasteiger partial charge in [-0.25, -0.2) is 4.79 Å². The fourth-order valence-electron chi connectivity index (χ4n) is 4.06. The summed E-state index contributed by atoms with van der Waals surface area (Å²) in [7, 11) is 2.67. The first-order chi connectivity index (χ1) is 13.7. The van der Waals surface area contributed by atoms with E-state index in [1.165, 1.54) is 20.3 Å². The number of likely N-dealkylation sites (tertiary alicyclic amines) is 1. The normalized spacial score (nSPS) is 22.6. The van der Waals surface area contributed by atoms with Crippen molar-refractivity contribution >= 4 is 12.0 Å². The minimum Gasteiger partial charge on any atom is -0.496 e. The Morgan fingerprint density at radius 3 is 2.34 bits per heavy atom. The molecule has 9 heteroatoms. The zero-order valence-electron chi connectivity index (χ0n) is 16.4. The van der Waals surface area contributed by atoms with Gasteiger partial charge in [0.1, 0.15) is 5.75 Å². The van der Waals surface area contributed by atoms with Gasteiger partial charge in [-0.1, -0.05) is 6.07 Å². The van der Waals surface area contributed by atoms with E-state index in [9.17, 15) is 22.8 Å². The van der Waals surface area contributed by atoms with Crippen LogP contribution in [-0.4, -0.2) is 50.3 Å². The molecule has 0 spiro atoms. The molecule has 1 heterocycles. The van der Waals surface area contributed by atoms with E-state index in [0.717, 1.165) is 17.7 Å². The van der Waals surface area contributed by atoms with Crippen LogP contribution in [0.25, 0.3) is 0 Å². The Morgan fingerprint density at radius 1 is 1.14 bits per heavy atom. The summed E-state index contributed by atoms with van der Waals surface area (Å²) in [5.74, 6) is 0.256. The van der Waals surface area contributed by atoms with E-state index in [2.05, 4.69) is 10.1 Å². The SMILES string of the molecule is COC(=O)NC1CC(C(=O)N2CCC(c3ccc(C(F)(F)F)cc3OC)CC2)C1. The summed E-state index contributed by atoms with van der Waals surface area (Å²) >= 11 is 0. The maximum atomic E-state index is 12.9. The number of nitrogens with one attached hydrogen (secondary N) is 1. The summed E-state index contributed by atoms with van der Waals surface area (Å²) in [6, 6.07) is 3.57. The highest BCUT2D eigenvalue weighted by molar-refractivity contribution is 5.80. The summed E-state index contributed by atoms with van der Waals surface area (Å²) in [5, 5.41) is 2.68. The van der Waals surface area contributed by atoms with Crippen LogP contribution in [0, 0.1) is 5.92 Å². The third-order valence-electron chi connectivity index (χ3n) is 5.80. The van der Waals surface area contributed by atoms with Gasteiger partial charge < -0.3 is 19.7 Å². The van der Waals surface area contributed by atoms with E-state index < -0.39 is 17.8 Å². The molecule has 1 saturated carbocycles. The Balaban J connectivity index is 1.54. The van der Waals surface area contributed by atoms with Gasteiger partial charge in [-0.05, 0) is 49.3 Å². The molecule has 0 atom stereocenters. The van der Waals surface area contributed by atoms with Gasteiger partial charge in [-0.15, -0.1) is 0 Å². The van der Waals surface area contributed by atoms with Gasteiger partial charge in [0.05, 0.1) is 19.8 Å². The first kappa shape index (κ1) is 21.3. The van der Waals surface area contributed by atoms with Gasteiger partial charge in [0.15, 0.2) is 0 Å². The summed E-state index contributed by atoms with van der Waals surface area (Å²) < 4.78 is 48.5. The number of carbonyl (C=O) groups is 2. The number of alkyl halides is 3. The van der Waals surface area contributed by atoms with E-state index in [-0.39, 0.29) is 29.5 Å². The van der Waals surface area contributed by atoms with Crippen LogP contribution in [0.4, 0.5) is 18.0 Å². The first-order valence-corrected chi connectivity index (χ1v) is 9.61. The Hall–Kier alpha value is -2.45. The van der Waals surface area contributed by atoms with Crippen LogP contribution in [-0.2, 0) is 15.7 Å². The first-order valence-electron chi connectivity index (χ1n) is 9.61. The predicted molar refractivity (Wildman–Crippen MR) is 98.6 cm³/mol. The number of halogens is 3. The number of rotatable bonds is 4. The van der Waals surface area contributed by atoms with Crippen LogP contribution < -0.4 is 10.1 Å². The highest BCUT2D eigenvalue weighted by atomic mass is 19.4. The van der Waals surface area contributed by atoms with E-state index in [4.69, 9.17) is 4.74 Å². The molecule has 1 aromatic rings. The molecule has 1 aliphatic carbocycles. The lowest BCUT2D eigenvalue weighted by Crippen LogP contribution is -2.51. The zero-order valence-corrected chi connectivity index (χ0v) is 16.4. The van der Waals surface area contributed by atoms with Crippen LogP contribution >= 0.6 is 0 Å². The van der Waals surface area contributed by atoms with Crippen LogP contribution in [0.3, 0.4) is 0 Å². The number of benzene rings is 1. The number of amides is 2. The molecule has 1 aromatic carbocycles. The molecule has 0 bridgehead atoms. The number of nitrogens with zero attached hydrogens (tertiary/aromatic N) is 1. The Bertz CT molecular complexity index is 755. The van der Waals surface area contributed by atoms with Crippen LogP contribution in [0.2, 0.25) is 0 Å². The maximum absolute atomic E-state index is 12.9. The molecule has 1 aliphatic heterocycles. The summed E-state index contributed by atoms with van der Waals surface area (Å²) in [5.41, 5.74) is 0.0180. The molecule has 160 valence electrons. The lowest BCUT2D eigenvalue weighted by atomic mass is 9.78. The Morgan fingerprint density at radius 2 is 1.79 bits per heavy atom. The highest BCUT2D eigenvalue weighted by Crippen LogP contribution is 2.39. The molecule has 1 N–H and O–H groups in total. The van der Waals surface area contributed by atoms with Crippen molar-refractivity contribution in [2.24, 2.45) is 5.92 Å². The molecule has 29 heavy (non-hydrogen) atoms. The molecule has 3 rings (SSSR count). The second-order valence-corrected chi connectivity index (χ2v) is 7.56. The molecule has 2 fully saturated rings. The topological polar surface area (TPSA) is 67.9 Å². The van der Waals surface area contributed by atoms with Crippen molar-refractivity contribution in [2.45, 2.75) is 43.8 Å². The van der Waals surface area contributed by atoms with Crippen molar-refractivity contribution in [3.05, 3.63) is 29.3 Å². The van der Waals surface area contributed by atoms with Crippen molar-refractivity contribution in [1.29, 1.82) is 0 Å². The second kappa shape index (κ2) is 8.51. The molecular weight excluding hydrogens is 389 g/mol. The quantitative estimate of drug-likeness (QED) is 0.818. The van der Waals surface area contributed by atoms with E-state index in [0.29, 0.717) is 38.8 Å². The predicted octanol–water partition coefficient (Wildman–Crippen LogP) is 3.55. The summed E-state index contributed by atoms with van der Waals surface area (Å²) in [6.07, 6.45) is -2.37. The number of piperidine rings is 1. The molecule has 0 radical (unpaired) electrons. The second-order valence-electron chi connectivity index (χ2n) is 7.56. The number of carbonyl (C=O) groups excluding carboxylic acids is 2. The number of ether oxygens (including phenoxy) is 2. The van der Waals surface area contributed by atoms with Crippen molar-refractivity contribution in [1.82, 2.24) is 10.2 Å². The van der Waals surface area contributed by atoms with Gasteiger partial charge >= 0.3 is 12.3 Å². The third kappa shape index (κ3) is 4.76. The van der Waals surface area contributed by atoms with Gasteiger partial charge in [-0.3, -0.25) is 4.79 Å². The smallest absolute Gasteiger partial charge is 0.416 e. The zero-order chi connectivity index (χ0) is 21.2. The number of methoxy groups -OCH3 is 2. The fraction of sp³-hybridized carbons (Fsp3) is 0.600. The van der Waals surface area contributed by atoms with Gasteiger partial charge in [0.2, 0.25) is 5.91 Å². The summed E-state index contributed by atoms with van der Waals surface area (Å²) in [6.45, 7) is 1.11. The molecule has 2 amide bonds. The van der Waals surface area contributed by atoms with Crippen LogP contribution in [0.5, 0.6) is 5.75 Å². The van der Waals surface area contributed by atoms with Crippen LogP contribution in [0.1, 0.15) is 42.7 Å². The van der Waals surface area contributed by atoms with Crippen LogP contribution in [0.15, 0.2) is 18.2 Å². The minimum absolute atomic E-state index is 0.0367. The lowest BCUT2D eigenvalue weighted by molar-refractivity contribution is -0.140. The Labute approximate surface area is 167 Å². The largest absolute Gasteiger partial charge is 0.496 e. The highest BCUT2D eigenvalue weighted by Gasteiger charge is 2.39. The van der Waals surface area contributed by atoms with E-state index in [1.54, 1.807) is 0 Å².